The maximum absolute atomic E-state index is 11.5. The fraction of sp³-hybridized carbons (Fsp3) is 0.868. The van der Waals surface area contributed by atoms with E-state index in [1.807, 2.05) is 0 Å². The van der Waals surface area contributed by atoms with Crippen molar-refractivity contribution in [3.8, 4) is 0 Å². The molecule has 0 heterocycles. The van der Waals surface area contributed by atoms with E-state index >= 15 is 0 Å². The maximum atomic E-state index is 11.5. The second-order valence-corrected chi connectivity index (χ2v) is 14.0. The number of hydrogen-bond donors (Lipinski definition) is 3. The molecule has 0 aromatic heterocycles. The Balaban J connectivity index is 4.40. The van der Waals surface area contributed by atoms with Crippen LogP contribution in [0.15, 0.2) is 12.2 Å². The molecule has 0 fully saturated rings. The zero-order valence-corrected chi connectivity index (χ0v) is 29.8. The summed E-state index contributed by atoms with van der Waals surface area (Å²) in [7, 11) is 0. The third kappa shape index (κ3) is 24.9. The van der Waals surface area contributed by atoms with E-state index < -0.39 is 35.7 Å². The predicted molar refractivity (Wildman–Crippen MR) is 187 cm³/mol. The second-order valence-electron chi connectivity index (χ2n) is 14.0. The summed E-state index contributed by atoms with van der Waals surface area (Å²) in [5, 5.41) is 28.3. The third-order valence-electron chi connectivity index (χ3n) is 9.79. The van der Waals surface area contributed by atoms with Crippen LogP contribution in [0.3, 0.4) is 0 Å². The Morgan fingerprint density at radius 1 is 0.467 bits per heavy atom. The van der Waals surface area contributed by atoms with Gasteiger partial charge in [-0.3, -0.25) is 14.4 Å². The smallest absolute Gasteiger partial charge is 0.306 e. The molecule has 45 heavy (non-hydrogen) atoms. The molecule has 3 unspecified atom stereocenters. The minimum absolute atomic E-state index is 0.487. The first-order chi connectivity index (χ1) is 21.5. The van der Waals surface area contributed by atoms with Gasteiger partial charge in [0.1, 0.15) is 0 Å². The van der Waals surface area contributed by atoms with Crippen LogP contribution in [0, 0.1) is 17.8 Å². The van der Waals surface area contributed by atoms with Crippen LogP contribution < -0.4 is 0 Å². The van der Waals surface area contributed by atoms with E-state index in [1.54, 1.807) is 20.8 Å². The molecule has 264 valence electrons. The van der Waals surface area contributed by atoms with Crippen molar-refractivity contribution < 1.29 is 34.2 Å². The van der Waals surface area contributed by atoms with Crippen LogP contribution in [0.4, 0.5) is 0 Å². The molecule has 7 nitrogen and oxygen atoms in total. The highest BCUT2D eigenvalue weighted by molar-refractivity contribution is 5.70. The van der Waals surface area contributed by atoms with E-state index in [1.165, 1.54) is 109 Å². The Morgan fingerprint density at radius 3 is 1.07 bits per heavy atom. The maximum Gasteiger partial charge on any atom is 0.306 e. The van der Waals surface area contributed by atoms with Crippen LogP contribution in [0.1, 0.15) is 169 Å². The molecule has 0 aliphatic rings. The first-order valence-corrected chi connectivity index (χ1v) is 18.7. The molecule has 0 radical (unpaired) electrons. The largest absolute Gasteiger partial charge is 0.481 e. The van der Waals surface area contributed by atoms with Crippen molar-refractivity contribution >= 4 is 17.9 Å². The van der Waals surface area contributed by atoms with Gasteiger partial charge in [0.15, 0.2) is 0 Å². The molecule has 0 spiro atoms. The van der Waals surface area contributed by atoms with Crippen molar-refractivity contribution in [2.75, 3.05) is 26.2 Å². The lowest BCUT2D eigenvalue weighted by Crippen LogP contribution is -2.52. The van der Waals surface area contributed by atoms with Crippen molar-refractivity contribution in [2.24, 2.45) is 17.8 Å². The normalized spacial score (nSPS) is 15.1. The van der Waals surface area contributed by atoms with Crippen molar-refractivity contribution in [2.45, 2.75) is 169 Å². The molecule has 0 bridgehead atoms. The number of carboxylic acid groups (broad SMARTS) is 3. The minimum Gasteiger partial charge on any atom is -0.481 e. The number of unbranched alkanes of at least 4 members (excludes halogenated alkanes) is 17. The topological polar surface area (TPSA) is 112 Å². The third-order valence-corrected chi connectivity index (χ3v) is 9.79. The van der Waals surface area contributed by atoms with Crippen molar-refractivity contribution in [1.82, 2.24) is 0 Å². The monoisotopic (exact) mass is 639 g/mol. The first-order valence-electron chi connectivity index (χ1n) is 18.7. The summed E-state index contributed by atoms with van der Waals surface area (Å²) in [5.41, 5.74) is 0. The average Bonchev–Trinajstić information content (AvgIpc) is 3.01. The van der Waals surface area contributed by atoms with Gasteiger partial charge in [-0.25, -0.2) is 0 Å². The van der Waals surface area contributed by atoms with Gasteiger partial charge in [-0.1, -0.05) is 143 Å². The zero-order chi connectivity index (χ0) is 33.8. The Labute approximate surface area is 276 Å². The molecule has 0 aromatic carbocycles. The summed E-state index contributed by atoms with van der Waals surface area (Å²) in [6.45, 7) is 9.98. The highest BCUT2D eigenvalue weighted by Gasteiger charge is 2.31. The first kappa shape index (κ1) is 43.1. The second kappa shape index (κ2) is 28.3. The number of allylic oxidation sites excluding steroid dienone is 1. The van der Waals surface area contributed by atoms with Crippen molar-refractivity contribution in [3.05, 3.63) is 12.2 Å². The van der Waals surface area contributed by atoms with Gasteiger partial charge < -0.3 is 19.8 Å². The van der Waals surface area contributed by atoms with E-state index in [4.69, 9.17) is 0 Å². The fourth-order valence-electron chi connectivity index (χ4n) is 6.01. The molecular formula is C38H72NO6+. The minimum atomic E-state index is -0.833. The predicted octanol–water partition coefficient (Wildman–Crippen LogP) is 10.1. The Morgan fingerprint density at radius 2 is 0.756 bits per heavy atom. The molecular weight excluding hydrogens is 566 g/mol. The Hall–Kier alpha value is -1.89. The van der Waals surface area contributed by atoms with Crippen molar-refractivity contribution in [1.29, 1.82) is 0 Å². The average molecular weight is 639 g/mol. The molecule has 0 aliphatic heterocycles. The van der Waals surface area contributed by atoms with E-state index in [0.29, 0.717) is 43.4 Å². The summed E-state index contributed by atoms with van der Waals surface area (Å²) in [6.07, 6.45) is 31.1. The van der Waals surface area contributed by atoms with Crippen molar-refractivity contribution in [3.63, 3.8) is 0 Å². The summed E-state index contributed by atoms with van der Waals surface area (Å²) < 4.78 is 0.566. The van der Waals surface area contributed by atoms with Gasteiger partial charge in [-0.15, -0.1) is 0 Å². The zero-order valence-electron chi connectivity index (χ0n) is 29.8. The van der Waals surface area contributed by atoms with Gasteiger partial charge in [-0.05, 0) is 12.8 Å². The summed E-state index contributed by atoms with van der Waals surface area (Å²) in [6, 6.07) is 0. The molecule has 0 rings (SSSR count). The highest BCUT2D eigenvalue weighted by Crippen LogP contribution is 2.21. The summed E-state index contributed by atoms with van der Waals surface area (Å²) >= 11 is 0. The van der Waals surface area contributed by atoms with Gasteiger partial charge in [0, 0.05) is 25.7 Å². The quantitative estimate of drug-likeness (QED) is 0.0375. The Bertz CT molecular complexity index is 722. The van der Waals surface area contributed by atoms with Crippen LogP contribution >= 0.6 is 0 Å². The lowest BCUT2D eigenvalue weighted by atomic mass is 10.0. The van der Waals surface area contributed by atoms with Gasteiger partial charge in [0.05, 0.1) is 43.9 Å². The molecule has 3 atom stereocenters. The lowest BCUT2D eigenvalue weighted by Gasteiger charge is -2.40. The molecule has 7 heteroatoms. The number of rotatable bonds is 33. The van der Waals surface area contributed by atoms with Gasteiger partial charge >= 0.3 is 17.9 Å². The molecule has 0 saturated heterocycles. The van der Waals surface area contributed by atoms with E-state index in [0.717, 1.165) is 19.4 Å². The standard InChI is InChI=1S/C38H71NO6/c1-5-6-7-8-9-10-11-12-13-14-15-16-17-18-19-20-21-22-23-24-25-29-39(30-26-33(2)36(40)41,31-27-34(3)37(42)43)32-28-35(4)38(44)45/h23-24,33-35H,5-22,25-32H2,1-4H3,(H2-,40,41,42,43,44,45)/p+1/b24-23+. The summed E-state index contributed by atoms with van der Waals surface area (Å²) in [5.74, 6) is -3.98. The fourth-order valence-corrected chi connectivity index (χ4v) is 6.01. The molecule has 0 aromatic rings. The molecule has 0 amide bonds. The van der Waals surface area contributed by atoms with Crippen LogP contribution in [-0.4, -0.2) is 63.9 Å². The van der Waals surface area contributed by atoms with Crippen LogP contribution in [0.25, 0.3) is 0 Å². The number of aliphatic carboxylic acids is 3. The van der Waals surface area contributed by atoms with E-state index in [-0.39, 0.29) is 0 Å². The number of hydrogen-bond acceptors (Lipinski definition) is 3. The molecule has 3 N–H and O–H groups in total. The SMILES string of the molecule is CCCCCCCCCCCCCCCCCCC/C=C/CC[N+](CCC(C)C(=O)O)(CCC(C)C(=O)O)CCC(C)C(=O)O. The van der Waals surface area contributed by atoms with Gasteiger partial charge in [0.2, 0.25) is 0 Å². The van der Waals surface area contributed by atoms with Crippen LogP contribution in [-0.2, 0) is 14.4 Å². The number of carbonyl (C=O) groups is 3. The van der Waals surface area contributed by atoms with Gasteiger partial charge in [0.25, 0.3) is 0 Å². The van der Waals surface area contributed by atoms with Gasteiger partial charge in [-0.2, -0.15) is 0 Å². The van der Waals surface area contributed by atoms with Crippen LogP contribution in [0.5, 0.6) is 0 Å². The Kier molecular flexibility index (Phi) is 27.2. The number of carboxylic acids is 3. The highest BCUT2D eigenvalue weighted by atomic mass is 16.4. The van der Waals surface area contributed by atoms with E-state index in [2.05, 4.69) is 19.1 Å². The lowest BCUT2D eigenvalue weighted by molar-refractivity contribution is -0.929. The number of nitrogens with zero attached hydrogens (tertiary/aromatic N) is 1. The van der Waals surface area contributed by atoms with E-state index in [9.17, 15) is 29.7 Å². The number of quaternary nitrogens is 1. The van der Waals surface area contributed by atoms with Crippen LogP contribution in [0.2, 0.25) is 0 Å². The summed E-state index contributed by atoms with van der Waals surface area (Å²) in [4.78, 5) is 34.5. The molecule has 0 saturated carbocycles. The molecule has 0 aliphatic carbocycles.